The van der Waals surface area contributed by atoms with Crippen molar-refractivity contribution in [1.29, 1.82) is 0 Å². The van der Waals surface area contributed by atoms with Crippen LogP contribution in [0, 0.1) is 12.3 Å². The fourth-order valence-electron chi connectivity index (χ4n) is 5.15. The molecular weight excluding hydrogens is 554 g/mol. The second kappa shape index (κ2) is 13.0. The number of unbranched alkanes of at least 4 members (excludes halogenated alkanes) is 1. The van der Waals surface area contributed by atoms with Crippen LogP contribution in [0.15, 0.2) is 57.7 Å². The fraction of sp³-hybridized carbons (Fsp3) is 0.406. The van der Waals surface area contributed by atoms with Gasteiger partial charge >= 0.3 is 0 Å². The maximum atomic E-state index is 13.6. The van der Waals surface area contributed by atoms with Crippen molar-refractivity contribution in [3.63, 3.8) is 0 Å². The predicted octanol–water partition coefficient (Wildman–Crippen LogP) is 5.55. The summed E-state index contributed by atoms with van der Waals surface area (Å²) in [5.74, 6) is 0.0558. The minimum absolute atomic E-state index is 0.0951. The summed E-state index contributed by atoms with van der Waals surface area (Å²) in [6.45, 7) is 6.77. The molecular formula is C32H40ClN5O4. The summed E-state index contributed by atoms with van der Waals surface area (Å²) in [7, 11) is 5.91. The highest BCUT2D eigenvalue weighted by Crippen LogP contribution is 2.28. The second-order valence-corrected chi connectivity index (χ2v) is 12.3. The van der Waals surface area contributed by atoms with Crippen LogP contribution in [0.5, 0.6) is 0 Å². The van der Waals surface area contributed by atoms with Gasteiger partial charge in [-0.1, -0.05) is 43.6 Å². The molecule has 0 saturated carbocycles. The van der Waals surface area contributed by atoms with Gasteiger partial charge in [0, 0.05) is 30.4 Å². The number of para-hydroxylation sites is 1. The maximum absolute atomic E-state index is 13.6. The lowest BCUT2D eigenvalue weighted by Crippen LogP contribution is -2.36. The highest BCUT2D eigenvalue weighted by molar-refractivity contribution is 6.32. The molecule has 2 aromatic carbocycles. The van der Waals surface area contributed by atoms with Gasteiger partial charge in [0.25, 0.3) is 11.5 Å². The normalized spacial score (nSPS) is 11.8. The van der Waals surface area contributed by atoms with Crippen molar-refractivity contribution in [2.24, 2.45) is 12.5 Å². The molecule has 224 valence electrons. The van der Waals surface area contributed by atoms with Gasteiger partial charge in [0.15, 0.2) is 0 Å². The molecule has 0 aliphatic rings. The number of furan rings is 1. The minimum Gasteiger partial charge on any atom is -0.461 e. The van der Waals surface area contributed by atoms with Gasteiger partial charge in [-0.3, -0.25) is 19.1 Å². The first-order valence-electron chi connectivity index (χ1n) is 14.1. The Morgan fingerprint density at radius 1 is 1.07 bits per heavy atom. The molecule has 10 heteroatoms. The smallest absolute Gasteiger partial charge is 0.295 e. The van der Waals surface area contributed by atoms with E-state index in [1.54, 1.807) is 16.8 Å². The zero-order valence-electron chi connectivity index (χ0n) is 25.2. The topological polar surface area (TPSA) is 102 Å². The van der Waals surface area contributed by atoms with E-state index >= 15 is 0 Å². The van der Waals surface area contributed by atoms with E-state index in [4.69, 9.17) is 16.0 Å². The van der Waals surface area contributed by atoms with Crippen molar-refractivity contribution in [2.75, 3.05) is 32.5 Å². The fourth-order valence-corrected chi connectivity index (χ4v) is 5.38. The molecule has 0 aliphatic heterocycles. The predicted molar refractivity (Wildman–Crippen MR) is 168 cm³/mol. The van der Waals surface area contributed by atoms with Crippen molar-refractivity contribution in [2.45, 2.75) is 46.5 Å². The molecule has 0 atom stereocenters. The van der Waals surface area contributed by atoms with Crippen LogP contribution in [0.25, 0.3) is 16.7 Å². The number of fused-ring (bicyclic) bond motifs is 1. The Hall–Kier alpha value is -3.82. The number of benzene rings is 2. The summed E-state index contributed by atoms with van der Waals surface area (Å²) >= 11 is 6.24. The Kier molecular flexibility index (Phi) is 9.64. The number of aryl methyl sites for hydroxylation is 1. The van der Waals surface area contributed by atoms with Crippen LogP contribution in [0.1, 0.15) is 54.9 Å². The number of hydrogen-bond donors (Lipinski definition) is 2. The molecule has 0 spiro atoms. The second-order valence-electron chi connectivity index (χ2n) is 11.9. The monoisotopic (exact) mass is 593 g/mol. The molecule has 0 unspecified atom stereocenters. The molecule has 9 nitrogen and oxygen atoms in total. The average molecular weight is 594 g/mol. The van der Waals surface area contributed by atoms with Crippen LogP contribution >= 0.6 is 11.6 Å². The number of hydrogen-bond acceptors (Lipinski definition) is 5. The molecule has 4 aromatic rings. The van der Waals surface area contributed by atoms with Crippen LogP contribution in [0.4, 0.5) is 5.69 Å². The van der Waals surface area contributed by atoms with Gasteiger partial charge in [0.1, 0.15) is 17.0 Å². The molecule has 0 saturated heterocycles. The number of aromatic nitrogens is 2. The number of halogens is 1. The van der Waals surface area contributed by atoms with Crippen LogP contribution in [-0.4, -0.2) is 53.3 Å². The number of carbonyl (C=O) groups is 2. The molecule has 4 rings (SSSR count). The molecule has 0 fully saturated rings. The number of rotatable bonds is 12. The van der Waals surface area contributed by atoms with E-state index in [2.05, 4.69) is 15.5 Å². The van der Waals surface area contributed by atoms with Crippen LogP contribution in [-0.2, 0) is 18.3 Å². The Bertz CT molecular complexity index is 1630. The van der Waals surface area contributed by atoms with E-state index in [1.165, 1.54) is 0 Å². The number of amides is 2. The standard InChI is InChI=1S/C32H40ClN5O4/c1-21-16-22-17-23(33)18-25(29(22)42-21)30(40)34-20-32(2,3)19-27(39)35-28-26(14-10-11-15-36(4)5)37(6)38(31(28)41)24-12-8-7-9-13-24/h7-9,12-13,16-18H,10-11,14-15,19-20H2,1-6H3,(H,34,40)(H,35,39). The number of carbonyl (C=O) groups excluding carboxylic acids is 2. The van der Waals surface area contributed by atoms with E-state index in [0.717, 1.165) is 36.2 Å². The van der Waals surface area contributed by atoms with E-state index in [9.17, 15) is 14.4 Å². The Labute approximate surface area is 251 Å². The molecule has 0 bridgehead atoms. The summed E-state index contributed by atoms with van der Waals surface area (Å²) in [5.41, 5.74) is 1.74. The van der Waals surface area contributed by atoms with E-state index in [1.807, 2.05) is 83.0 Å². The molecule has 0 aliphatic carbocycles. The number of nitrogens with zero attached hydrogens (tertiary/aromatic N) is 3. The average Bonchev–Trinajstić information content (AvgIpc) is 3.40. The van der Waals surface area contributed by atoms with Gasteiger partial charge in [-0.05, 0) is 82.6 Å². The van der Waals surface area contributed by atoms with Crippen molar-refractivity contribution in [1.82, 2.24) is 19.6 Å². The molecule has 2 N–H and O–H groups in total. The van der Waals surface area contributed by atoms with Crippen molar-refractivity contribution >= 4 is 40.1 Å². The Morgan fingerprint density at radius 3 is 2.48 bits per heavy atom. The van der Waals surface area contributed by atoms with Gasteiger partial charge in [-0.2, -0.15) is 0 Å². The molecule has 2 amide bonds. The van der Waals surface area contributed by atoms with Crippen LogP contribution in [0.3, 0.4) is 0 Å². The highest BCUT2D eigenvalue weighted by atomic mass is 35.5. The summed E-state index contributed by atoms with van der Waals surface area (Å²) < 4.78 is 9.15. The first kappa shape index (κ1) is 31.1. The number of nitrogens with one attached hydrogen (secondary N) is 2. The first-order valence-corrected chi connectivity index (χ1v) is 14.5. The highest BCUT2D eigenvalue weighted by Gasteiger charge is 2.27. The molecule has 42 heavy (non-hydrogen) atoms. The lowest BCUT2D eigenvalue weighted by Gasteiger charge is -2.24. The van der Waals surface area contributed by atoms with Gasteiger partial charge in [0.05, 0.1) is 16.9 Å². The Morgan fingerprint density at radius 2 is 1.79 bits per heavy atom. The zero-order valence-corrected chi connectivity index (χ0v) is 26.0. The van der Waals surface area contributed by atoms with Crippen molar-refractivity contribution in [3.05, 3.63) is 80.9 Å². The van der Waals surface area contributed by atoms with Crippen molar-refractivity contribution in [3.8, 4) is 5.69 Å². The van der Waals surface area contributed by atoms with Crippen LogP contribution < -0.4 is 16.2 Å². The Balaban J connectivity index is 1.48. The molecule has 0 radical (unpaired) electrons. The third-order valence-corrected chi connectivity index (χ3v) is 7.45. The summed E-state index contributed by atoms with van der Waals surface area (Å²) in [6, 6.07) is 14.5. The quantitative estimate of drug-likeness (QED) is 0.210. The summed E-state index contributed by atoms with van der Waals surface area (Å²) in [6.07, 6.45) is 2.58. The van der Waals surface area contributed by atoms with E-state index in [-0.39, 0.29) is 30.3 Å². The largest absolute Gasteiger partial charge is 0.461 e. The van der Waals surface area contributed by atoms with Gasteiger partial charge < -0.3 is 20.0 Å². The lowest BCUT2D eigenvalue weighted by atomic mass is 9.88. The van der Waals surface area contributed by atoms with Crippen LogP contribution in [0.2, 0.25) is 5.02 Å². The molecule has 2 heterocycles. The first-order chi connectivity index (χ1) is 19.9. The molecule has 2 aromatic heterocycles. The maximum Gasteiger partial charge on any atom is 0.295 e. The lowest BCUT2D eigenvalue weighted by molar-refractivity contribution is -0.118. The summed E-state index contributed by atoms with van der Waals surface area (Å²) in [5, 5.41) is 7.04. The zero-order chi connectivity index (χ0) is 30.6. The minimum atomic E-state index is -0.602. The van der Waals surface area contributed by atoms with Gasteiger partial charge in [-0.15, -0.1) is 0 Å². The number of anilines is 1. The summed E-state index contributed by atoms with van der Waals surface area (Å²) in [4.78, 5) is 42.2. The van der Waals surface area contributed by atoms with Gasteiger partial charge in [0.2, 0.25) is 5.91 Å². The van der Waals surface area contributed by atoms with E-state index in [0.29, 0.717) is 34.0 Å². The third kappa shape index (κ3) is 7.33. The van der Waals surface area contributed by atoms with E-state index < -0.39 is 5.41 Å². The third-order valence-electron chi connectivity index (χ3n) is 7.24. The van der Waals surface area contributed by atoms with Gasteiger partial charge in [-0.25, -0.2) is 4.68 Å². The SMILES string of the molecule is Cc1cc2cc(Cl)cc(C(=O)NCC(C)(C)CC(=O)Nc3c(CCCCN(C)C)n(C)n(-c4ccccc4)c3=O)c2o1. The van der Waals surface area contributed by atoms with Crippen molar-refractivity contribution < 1.29 is 14.0 Å².